The number of hydrogen-bond acceptors (Lipinski definition) is 4. The van der Waals surface area contributed by atoms with Gasteiger partial charge in [0.05, 0.1) is 5.60 Å². The first-order chi connectivity index (χ1) is 17.4. The molecular weight excluding hydrogens is 446 g/mol. The Hall–Kier alpha value is -3.28. The van der Waals surface area contributed by atoms with E-state index < -0.39 is 11.1 Å². The molecule has 0 spiro atoms. The van der Waals surface area contributed by atoms with Crippen LogP contribution in [0.4, 0.5) is 0 Å². The lowest BCUT2D eigenvalue weighted by atomic mass is 9.81. The summed E-state index contributed by atoms with van der Waals surface area (Å²) < 4.78 is 0. The van der Waals surface area contributed by atoms with Gasteiger partial charge in [-0.3, -0.25) is 9.69 Å². The number of hydrogen-bond donors (Lipinski definition) is 1. The van der Waals surface area contributed by atoms with Crippen molar-refractivity contribution in [1.29, 1.82) is 0 Å². The van der Waals surface area contributed by atoms with E-state index in [1.807, 2.05) is 97.6 Å². The molecule has 1 unspecified atom stereocenters. The fourth-order valence-corrected chi connectivity index (χ4v) is 5.42. The number of nitrogens with zero attached hydrogens (tertiary/aromatic N) is 3. The molecule has 0 aliphatic carbocycles. The molecular formula is C31H37N3O2. The highest BCUT2D eigenvalue weighted by Gasteiger charge is 2.50. The van der Waals surface area contributed by atoms with Crippen LogP contribution in [-0.2, 0) is 15.9 Å². The normalized spacial score (nSPS) is 22.8. The Kier molecular flexibility index (Phi) is 8.02. The van der Waals surface area contributed by atoms with Crippen molar-refractivity contribution in [1.82, 2.24) is 9.80 Å². The molecule has 0 saturated carbocycles. The van der Waals surface area contributed by atoms with Gasteiger partial charge in [0.15, 0.2) is 5.54 Å². The number of likely N-dealkylation sites (tertiary alicyclic amines) is 1. The predicted octanol–water partition coefficient (Wildman–Crippen LogP) is 5.20. The van der Waals surface area contributed by atoms with Gasteiger partial charge in [-0.25, -0.2) is 4.99 Å². The molecule has 2 aromatic carbocycles. The van der Waals surface area contributed by atoms with Crippen LogP contribution >= 0.6 is 0 Å². The Morgan fingerprint density at radius 1 is 1.03 bits per heavy atom. The van der Waals surface area contributed by atoms with E-state index >= 15 is 0 Å². The van der Waals surface area contributed by atoms with Gasteiger partial charge in [-0.15, -0.1) is 0 Å². The van der Waals surface area contributed by atoms with Gasteiger partial charge in [0.25, 0.3) is 5.91 Å². The van der Waals surface area contributed by atoms with Crippen LogP contribution in [0.25, 0.3) is 0 Å². The second-order valence-electron chi connectivity index (χ2n) is 9.64. The molecule has 0 bridgehead atoms. The first-order valence-electron chi connectivity index (χ1n) is 12.8. The number of carbonyl (C=O) groups excluding carboxylic acids is 1. The zero-order valence-corrected chi connectivity index (χ0v) is 21.4. The van der Waals surface area contributed by atoms with Crippen LogP contribution in [0.15, 0.2) is 102 Å². The Bertz CT molecular complexity index is 1140. The number of aliphatic imine (C=N–C) groups is 1. The average molecular weight is 484 g/mol. The summed E-state index contributed by atoms with van der Waals surface area (Å²) in [5, 5.41) is 11.1. The molecule has 188 valence electrons. The van der Waals surface area contributed by atoms with Crippen molar-refractivity contribution in [3.8, 4) is 0 Å². The molecule has 1 N–H and O–H groups in total. The van der Waals surface area contributed by atoms with E-state index in [9.17, 15) is 9.90 Å². The van der Waals surface area contributed by atoms with Crippen molar-refractivity contribution in [3.63, 3.8) is 0 Å². The van der Waals surface area contributed by atoms with Gasteiger partial charge in [-0.05, 0) is 56.4 Å². The lowest BCUT2D eigenvalue weighted by Crippen LogP contribution is -2.45. The molecule has 1 amide bonds. The standard InChI is InChI=1S/C31H37N3O2/c1-4-13-27(14-5-2)31(28-17-10-7-11-18-28)29(35)34(25(3)32-31)22-12-21-33-23-19-30(36,20-24-33)26-15-8-6-9-16-26/h4-11,13-18,36H,1,12,19-24H2,2-3H3/b14-5-,27-13+. The van der Waals surface area contributed by atoms with Gasteiger partial charge >= 0.3 is 0 Å². The summed E-state index contributed by atoms with van der Waals surface area (Å²) in [6.07, 6.45) is 9.77. The second kappa shape index (κ2) is 11.2. The maximum Gasteiger partial charge on any atom is 0.265 e. The van der Waals surface area contributed by atoms with Crippen molar-refractivity contribution in [2.75, 3.05) is 26.2 Å². The van der Waals surface area contributed by atoms with Crippen LogP contribution < -0.4 is 0 Å². The number of piperidine rings is 1. The van der Waals surface area contributed by atoms with E-state index in [1.165, 1.54) is 0 Å². The summed E-state index contributed by atoms with van der Waals surface area (Å²) in [6.45, 7) is 10.9. The molecule has 1 atom stereocenters. The van der Waals surface area contributed by atoms with Gasteiger partial charge in [-0.1, -0.05) is 91.5 Å². The third-order valence-electron chi connectivity index (χ3n) is 7.38. The van der Waals surface area contributed by atoms with Crippen molar-refractivity contribution in [3.05, 3.63) is 108 Å². The maximum atomic E-state index is 14.0. The molecule has 0 aromatic heterocycles. The highest BCUT2D eigenvalue weighted by molar-refractivity contribution is 6.10. The van der Waals surface area contributed by atoms with Gasteiger partial charge in [-0.2, -0.15) is 0 Å². The van der Waals surface area contributed by atoms with Crippen LogP contribution in [0.2, 0.25) is 0 Å². The topological polar surface area (TPSA) is 56.1 Å². The molecule has 2 aliphatic rings. The Labute approximate surface area is 215 Å². The largest absolute Gasteiger partial charge is 0.385 e. The molecule has 0 radical (unpaired) electrons. The molecule has 36 heavy (non-hydrogen) atoms. The monoisotopic (exact) mass is 483 g/mol. The van der Waals surface area contributed by atoms with E-state index in [1.54, 1.807) is 6.08 Å². The quantitative estimate of drug-likeness (QED) is 0.499. The lowest BCUT2D eigenvalue weighted by molar-refractivity contribution is -0.130. The summed E-state index contributed by atoms with van der Waals surface area (Å²) in [4.78, 5) is 23.2. The van der Waals surface area contributed by atoms with Crippen LogP contribution in [0.1, 0.15) is 44.2 Å². The number of aliphatic hydroxyl groups is 1. The smallest absolute Gasteiger partial charge is 0.265 e. The van der Waals surface area contributed by atoms with E-state index in [0.29, 0.717) is 6.54 Å². The first kappa shape index (κ1) is 25.8. The Balaban J connectivity index is 1.44. The SMILES string of the molecule is C=C/C=C(\C=C/C)C1(c2ccccc2)N=C(C)N(CCCN2CCC(O)(c3ccccc3)CC2)C1=O. The molecule has 2 aromatic rings. The molecule has 2 heterocycles. The average Bonchev–Trinajstić information content (AvgIpc) is 3.16. The zero-order chi connectivity index (χ0) is 25.6. The molecule has 1 saturated heterocycles. The van der Waals surface area contributed by atoms with Crippen LogP contribution in [0, 0.1) is 0 Å². The minimum atomic E-state index is -1.09. The summed E-state index contributed by atoms with van der Waals surface area (Å²) >= 11 is 0. The van der Waals surface area contributed by atoms with E-state index in [2.05, 4.69) is 11.5 Å². The predicted molar refractivity (Wildman–Crippen MR) is 147 cm³/mol. The molecule has 2 aliphatic heterocycles. The van der Waals surface area contributed by atoms with Crippen LogP contribution in [0.3, 0.4) is 0 Å². The number of benzene rings is 2. The van der Waals surface area contributed by atoms with Crippen molar-refractivity contribution < 1.29 is 9.90 Å². The minimum absolute atomic E-state index is 0.0190. The van der Waals surface area contributed by atoms with E-state index in [-0.39, 0.29) is 5.91 Å². The number of carbonyl (C=O) groups is 1. The molecule has 4 rings (SSSR count). The Morgan fingerprint density at radius 3 is 2.22 bits per heavy atom. The third-order valence-corrected chi connectivity index (χ3v) is 7.38. The number of allylic oxidation sites excluding steroid dienone is 3. The Morgan fingerprint density at radius 2 is 1.64 bits per heavy atom. The number of rotatable bonds is 9. The summed E-state index contributed by atoms with van der Waals surface area (Å²) in [5.41, 5.74) is 0.833. The second-order valence-corrected chi connectivity index (χ2v) is 9.64. The zero-order valence-electron chi connectivity index (χ0n) is 21.4. The summed E-state index contributed by atoms with van der Waals surface area (Å²) in [7, 11) is 0. The van der Waals surface area contributed by atoms with Crippen molar-refractivity contribution in [2.24, 2.45) is 4.99 Å². The number of amidine groups is 1. The molecule has 5 heteroatoms. The fourth-order valence-electron chi connectivity index (χ4n) is 5.42. The highest BCUT2D eigenvalue weighted by atomic mass is 16.3. The molecule has 1 fully saturated rings. The maximum absolute atomic E-state index is 14.0. The summed E-state index contributed by atoms with van der Waals surface area (Å²) in [5.74, 6) is 0.718. The minimum Gasteiger partial charge on any atom is -0.385 e. The van der Waals surface area contributed by atoms with E-state index in [4.69, 9.17) is 4.99 Å². The fraction of sp³-hybridized carbons (Fsp3) is 0.355. The van der Waals surface area contributed by atoms with Gasteiger partial charge in [0.2, 0.25) is 0 Å². The summed E-state index contributed by atoms with van der Waals surface area (Å²) in [6, 6.07) is 19.8. The van der Waals surface area contributed by atoms with Crippen molar-refractivity contribution >= 4 is 11.7 Å². The van der Waals surface area contributed by atoms with Crippen LogP contribution in [-0.4, -0.2) is 52.8 Å². The lowest BCUT2D eigenvalue weighted by Gasteiger charge is -2.38. The first-order valence-corrected chi connectivity index (χ1v) is 12.8. The van der Waals surface area contributed by atoms with E-state index in [0.717, 1.165) is 61.4 Å². The van der Waals surface area contributed by atoms with Gasteiger partial charge < -0.3 is 10.0 Å². The molecule has 5 nitrogen and oxygen atoms in total. The number of amides is 1. The van der Waals surface area contributed by atoms with Gasteiger partial charge in [0.1, 0.15) is 5.84 Å². The van der Waals surface area contributed by atoms with Crippen molar-refractivity contribution in [2.45, 2.75) is 44.2 Å². The highest BCUT2D eigenvalue weighted by Crippen LogP contribution is 2.41. The third kappa shape index (κ3) is 4.99. The van der Waals surface area contributed by atoms with Crippen LogP contribution in [0.5, 0.6) is 0 Å². The van der Waals surface area contributed by atoms with Gasteiger partial charge in [0, 0.05) is 19.6 Å².